The Morgan fingerprint density at radius 3 is 1.82 bits per heavy atom. The van der Waals surface area contributed by atoms with Crippen LogP contribution in [0.25, 0.3) is 0 Å². The summed E-state index contributed by atoms with van der Waals surface area (Å²) in [5.74, 6) is 0.937. The third-order valence-corrected chi connectivity index (χ3v) is 7.83. The molecule has 33 heavy (non-hydrogen) atoms. The molecule has 5 nitrogen and oxygen atoms in total. The first-order valence-corrected chi connectivity index (χ1v) is 13.5. The van der Waals surface area contributed by atoms with Crippen LogP contribution in [0.15, 0.2) is 0 Å². The van der Waals surface area contributed by atoms with Gasteiger partial charge in [-0.1, -0.05) is 57.8 Å². The number of hydrogen-bond donors (Lipinski definition) is 0. The molecular formula is C26H53FeN2O3P. The molecule has 0 aliphatic heterocycles. The van der Waals surface area contributed by atoms with Crippen molar-refractivity contribution in [1.82, 2.24) is 4.67 Å². The molecule has 2 saturated carbocycles. The minimum Gasteiger partial charge on any atom is -0.379 e. The van der Waals surface area contributed by atoms with E-state index in [9.17, 15) is 0 Å². The van der Waals surface area contributed by atoms with Crippen molar-refractivity contribution >= 4 is 8.53 Å². The van der Waals surface area contributed by atoms with Gasteiger partial charge in [0.2, 0.25) is 0 Å². The Morgan fingerprint density at radius 2 is 1.33 bits per heavy atom. The minimum atomic E-state index is -1.14. The fraction of sp³-hybridized carbons (Fsp3) is 0.885. The number of nitriles is 1. The van der Waals surface area contributed by atoms with E-state index in [1.54, 1.807) is 0 Å². The first kappa shape index (κ1) is 37.8. The molecule has 2 aliphatic rings. The molecule has 198 valence electrons. The van der Waals surface area contributed by atoms with Crippen LogP contribution >= 0.6 is 8.53 Å². The zero-order valence-corrected chi connectivity index (χ0v) is 24.5. The zero-order chi connectivity index (χ0) is 22.0. The normalized spacial score (nSPS) is 16.4. The van der Waals surface area contributed by atoms with E-state index in [1.807, 2.05) is 0 Å². The molecule has 7 heteroatoms. The van der Waals surface area contributed by atoms with Crippen molar-refractivity contribution in [3.05, 3.63) is 14.9 Å². The Labute approximate surface area is 219 Å². The van der Waals surface area contributed by atoms with E-state index in [-0.39, 0.29) is 31.9 Å². The predicted octanol–water partition coefficient (Wildman–Crippen LogP) is 8.11. The molecule has 0 bridgehead atoms. The van der Waals surface area contributed by atoms with Crippen LogP contribution in [0.3, 0.4) is 0 Å². The summed E-state index contributed by atoms with van der Waals surface area (Å²) in [6.07, 6.45) is 16.0. The number of nitrogens with zero attached hydrogens (tertiary/aromatic N) is 2. The molecule has 0 radical (unpaired) electrons. The summed E-state index contributed by atoms with van der Waals surface area (Å²) in [6, 6.07) is 2.79. The average molecular weight is 529 g/mol. The van der Waals surface area contributed by atoms with Crippen LogP contribution in [0.5, 0.6) is 0 Å². The predicted molar refractivity (Wildman–Crippen MR) is 139 cm³/mol. The molecule has 0 aromatic rings. The van der Waals surface area contributed by atoms with Gasteiger partial charge in [-0.05, 0) is 46.5 Å². The van der Waals surface area contributed by atoms with Gasteiger partial charge in [0.25, 0.3) is 8.53 Å². The van der Waals surface area contributed by atoms with Crippen LogP contribution in [0.1, 0.15) is 105 Å². The molecule has 0 amide bonds. The molecule has 2 fully saturated rings. The van der Waals surface area contributed by atoms with Gasteiger partial charge in [0.1, 0.15) is 0 Å². The fourth-order valence-corrected chi connectivity index (χ4v) is 5.82. The third-order valence-electron chi connectivity index (χ3n) is 5.72. The first-order valence-electron chi connectivity index (χ1n) is 12.3. The van der Waals surface area contributed by atoms with Crippen molar-refractivity contribution in [3.63, 3.8) is 0 Å². The second-order valence-electron chi connectivity index (χ2n) is 9.05. The molecule has 2 aliphatic carbocycles. The molecule has 1 atom stereocenters. The van der Waals surface area contributed by atoms with Crippen LogP contribution < -0.4 is 0 Å². The van der Waals surface area contributed by atoms with Crippen LogP contribution in [0, 0.1) is 32.1 Å². The Balaban J connectivity index is -0.000000991. The molecule has 0 spiro atoms. The van der Waals surface area contributed by atoms with E-state index in [0.29, 0.717) is 38.3 Å². The summed E-state index contributed by atoms with van der Waals surface area (Å²) < 4.78 is 19.8. The Morgan fingerprint density at radius 1 is 0.818 bits per heavy atom. The second kappa shape index (κ2) is 25.4. The van der Waals surface area contributed by atoms with E-state index in [1.165, 1.54) is 64.2 Å². The molecule has 0 saturated heterocycles. The van der Waals surface area contributed by atoms with Gasteiger partial charge in [0.05, 0.1) is 32.3 Å². The summed E-state index contributed by atoms with van der Waals surface area (Å²) >= 11 is 0. The largest absolute Gasteiger partial charge is 2.00 e. The van der Waals surface area contributed by atoms with Crippen LogP contribution in [0.4, 0.5) is 0 Å². The minimum absolute atomic E-state index is 0. The van der Waals surface area contributed by atoms with E-state index in [2.05, 4.69) is 38.4 Å². The molecule has 1 unspecified atom stereocenters. The van der Waals surface area contributed by atoms with Crippen molar-refractivity contribution in [1.29, 1.82) is 5.26 Å². The maximum absolute atomic E-state index is 8.71. The molecule has 0 aromatic heterocycles. The monoisotopic (exact) mass is 528 g/mol. The van der Waals surface area contributed by atoms with Crippen LogP contribution in [-0.2, 0) is 30.9 Å². The van der Waals surface area contributed by atoms with Crippen LogP contribution in [0.2, 0.25) is 0 Å². The SMILES string of the molecule is C1CCCC1.CC(C)N(C(C)C)P(OCCC#N)OCCOCCCC1CCCC1.[CH3-].[CH3-].[Fe+2]. The maximum Gasteiger partial charge on any atom is 2.00 e. The van der Waals surface area contributed by atoms with E-state index in [0.717, 1.165) is 18.9 Å². The van der Waals surface area contributed by atoms with Gasteiger partial charge in [-0.2, -0.15) is 5.26 Å². The maximum atomic E-state index is 8.71. The summed E-state index contributed by atoms with van der Waals surface area (Å²) in [5.41, 5.74) is 0. The van der Waals surface area contributed by atoms with Gasteiger partial charge < -0.3 is 28.6 Å². The molecule has 0 aromatic carbocycles. The van der Waals surface area contributed by atoms with Crippen molar-refractivity contribution in [3.8, 4) is 6.07 Å². The van der Waals surface area contributed by atoms with Crippen molar-refractivity contribution < 1.29 is 30.9 Å². The number of ether oxygens (including phenoxy) is 1. The zero-order valence-electron chi connectivity index (χ0n) is 22.5. The van der Waals surface area contributed by atoms with Gasteiger partial charge in [-0.15, -0.1) is 0 Å². The van der Waals surface area contributed by atoms with Gasteiger partial charge in [0, 0.05) is 18.7 Å². The van der Waals surface area contributed by atoms with Gasteiger partial charge in [-0.3, -0.25) is 0 Å². The van der Waals surface area contributed by atoms with E-state index in [4.69, 9.17) is 19.0 Å². The van der Waals surface area contributed by atoms with Gasteiger partial charge in [0.15, 0.2) is 0 Å². The summed E-state index contributed by atoms with van der Waals surface area (Å²) in [6.45, 7) is 11.0. The standard InChI is InChI=1S/C19H37N2O3P.C5H10.2CH3.Fe/c1-17(2)21(18(3)4)25(23-14-8-12-20)24-16-15-22-13-7-11-19-9-5-6-10-19;1-2-4-5-3-1;;;/h17-19H,5-11,13-16H2,1-4H3;1-5H2;2*1H3;/q;;2*-1;+2. The van der Waals surface area contributed by atoms with Gasteiger partial charge in [-0.25, -0.2) is 4.67 Å². The van der Waals surface area contributed by atoms with E-state index < -0.39 is 8.53 Å². The van der Waals surface area contributed by atoms with Crippen molar-refractivity contribution in [2.24, 2.45) is 5.92 Å². The topological polar surface area (TPSA) is 54.7 Å². The number of rotatable bonds is 14. The Bertz CT molecular complexity index is 424. The van der Waals surface area contributed by atoms with E-state index >= 15 is 0 Å². The molecule has 0 N–H and O–H groups in total. The average Bonchev–Trinajstić information content (AvgIpc) is 3.43. The first-order chi connectivity index (χ1) is 14.6. The van der Waals surface area contributed by atoms with Crippen molar-refractivity contribution in [2.75, 3.05) is 26.4 Å². The molecular weight excluding hydrogens is 475 g/mol. The summed E-state index contributed by atoms with van der Waals surface area (Å²) in [7, 11) is -1.14. The molecule has 2 rings (SSSR count). The second-order valence-corrected chi connectivity index (χ2v) is 10.5. The fourth-order valence-electron chi connectivity index (χ4n) is 4.25. The Hall–Kier alpha value is 0.279. The van der Waals surface area contributed by atoms with Crippen molar-refractivity contribution in [2.45, 2.75) is 117 Å². The smallest absolute Gasteiger partial charge is 0.379 e. The summed E-state index contributed by atoms with van der Waals surface area (Å²) in [5, 5.41) is 8.71. The third kappa shape index (κ3) is 19.2. The van der Waals surface area contributed by atoms with Crippen LogP contribution in [-0.4, -0.2) is 43.2 Å². The number of hydrogen-bond acceptors (Lipinski definition) is 5. The quantitative estimate of drug-likeness (QED) is 0.0987. The van der Waals surface area contributed by atoms with Gasteiger partial charge >= 0.3 is 17.1 Å². The summed E-state index contributed by atoms with van der Waals surface area (Å²) in [4.78, 5) is 0. The Kier molecular flexibility index (Phi) is 29.1. The molecule has 0 heterocycles.